The summed E-state index contributed by atoms with van der Waals surface area (Å²) in [5, 5.41) is 0. The quantitative estimate of drug-likeness (QED) is 0.744. The van der Waals surface area contributed by atoms with Gasteiger partial charge in [0.2, 0.25) is 0 Å². The Morgan fingerprint density at radius 1 is 1.21 bits per heavy atom. The van der Waals surface area contributed by atoms with Crippen LogP contribution in [-0.4, -0.2) is 31.6 Å². The highest BCUT2D eigenvalue weighted by atomic mass is 15.1. The topological polar surface area (TPSA) is 29.3 Å². The molecule has 82 valence electrons. The van der Waals surface area contributed by atoms with Crippen LogP contribution in [0.4, 0.5) is 0 Å². The van der Waals surface area contributed by atoms with Gasteiger partial charge in [-0.1, -0.05) is 19.3 Å². The van der Waals surface area contributed by atoms with E-state index in [1.165, 1.54) is 45.2 Å². The van der Waals surface area contributed by atoms with Gasteiger partial charge in [0.05, 0.1) is 0 Å². The van der Waals surface area contributed by atoms with E-state index in [0.29, 0.717) is 0 Å². The molecule has 2 rings (SSSR count). The summed E-state index contributed by atoms with van der Waals surface area (Å²) < 4.78 is 0. The van der Waals surface area contributed by atoms with Gasteiger partial charge in [-0.25, -0.2) is 0 Å². The molecule has 0 amide bonds. The van der Waals surface area contributed by atoms with Crippen molar-refractivity contribution in [1.29, 1.82) is 0 Å². The molecular weight excluding hydrogens is 172 g/mol. The molecule has 0 aromatic carbocycles. The van der Waals surface area contributed by atoms with Crippen LogP contribution in [0.1, 0.15) is 32.1 Å². The average Bonchev–Trinajstić information content (AvgIpc) is 2.10. The molecule has 2 heteroatoms. The zero-order valence-corrected chi connectivity index (χ0v) is 9.41. The van der Waals surface area contributed by atoms with Crippen molar-refractivity contribution in [1.82, 2.24) is 4.90 Å². The van der Waals surface area contributed by atoms with E-state index in [4.69, 9.17) is 5.73 Å². The molecule has 0 aromatic heterocycles. The van der Waals surface area contributed by atoms with Crippen LogP contribution < -0.4 is 5.73 Å². The smallest absolute Gasteiger partial charge is 0.000984 e. The van der Waals surface area contributed by atoms with E-state index in [0.717, 1.165) is 24.3 Å². The van der Waals surface area contributed by atoms with Gasteiger partial charge in [-0.05, 0) is 50.7 Å². The monoisotopic (exact) mass is 196 g/mol. The van der Waals surface area contributed by atoms with Crippen molar-refractivity contribution in [2.45, 2.75) is 32.1 Å². The predicted octanol–water partition coefficient (Wildman–Crippen LogP) is 1.70. The minimum atomic E-state index is 0.825. The highest BCUT2D eigenvalue weighted by molar-refractivity contribution is 4.86. The first-order valence-electron chi connectivity index (χ1n) is 6.20. The molecule has 1 heterocycles. The maximum Gasteiger partial charge on any atom is 0.000984 e. The Kier molecular flexibility index (Phi) is 3.45. The fourth-order valence-corrected chi connectivity index (χ4v) is 3.19. The van der Waals surface area contributed by atoms with Crippen molar-refractivity contribution in [3.8, 4) is 0 Å². The first kappa shape index (κ1) is 10.4. The molecule has 2 nitrogen and oxygen atoms in total. The van der Waals surface area contributed by atoms with Gasteiger partial charge in [-0.15, -0.1) is 0 Å². The average molecular weight is 196 g/mol. The fraction of sp³-hybridized carbons (Fsp3) is 1.00. The van der Waals surface area contributed by atoms with E-state index in [9.17, 15) is 0 Å². The van der Waals surface area contributed by atoms with Gasteiger partial charge in [0.1, 0.15) is 0 Å². The first-order valence-corrected chi connectivity index (χ1v) is 6.20. The first-order chi connectivity index (χ1) is 6.81. The lowest BCUT2D eigenvalue weighted by Crippen LogP contribution is -2.42. The number of hydrogen-bond acceptors (Lipinski definition) is 2. The van der Waals surface area contributed by atoms with E-state index in [2.05, 4.69) is 11.9 Å². The van der Waals surface area contributed by atoms with E-state index in [-0.39, 0.29) is 0 Å². The van der Waals surface area contributed by atoms with Gasteiger partial charge < -0.3 is 10.6 Å². The van der Waals surface area contributed by atoms with Crippen molar-refractivity contribution in [3.05, 3.63) is 0 Å². The lowest BCUT2D eigenvalue weighted by atomic mass is 9.69. The number of likely N-dealkylation sites (tertiary alicyclic amines) is 1. The molecule has 2 N–H and O–H groups in total. The molecule has 1 saturated carbocycles. The second kappa shape index (κ2) is 4.63. The molecule has 1 aliphatic carbocycles. The lowest BCUT2D eigenvalue weighted by Gasteiger charge is -2.41. The van der Waals surface area contributed by atoms with Crippen LogP contribution in [0.2, 0.25) is 0 Å². The van der Waals surface area contributed by atoms with Crippen molar-refractivity contribution < 1.29 is 0 Å². The van der Waals surface area contributed by atoms with Crippen LogP contribution in [0.15, 0.2) is 0 Å². The highest BCUT2D eigenvalue weighted by Gasteiger charge is 2.33. The molecule has 0 bridgehead atoms. The van der Waals surface area contributed by atoms with Gasteiger partial charge in [0.25, 0.3) is 0 Å². The number of nitrogens with zero attached hydrogens (tertiary/aromatic N) is 1. The Bertz CT molecular complexity index is 177. The SMILES string of the molecule is CN1CCCC(C(CN)C2CCC2)C1. The summed E-state index contributed by atoms with van der Waals surface area (Å²) in [5.74, 6) is 2.69. The highest BCUT2D eigenvalue weighted by Crippen LogP contribution is 2.39. The number of piperidine rings is 1. The largest absolute Gasteiger partial charge is 0.330 e. The molecule has 2 atom stereocenters. The van der Waals surface area contributed by atoms with Gasteiger partial charge >= 0.3 is 0 Å². The summed E-state index contributed by atoms with van der Waals surface area (Å²) in [6, 6.07) is 0. The van der Waals surface area contributed by atoms with E-state index >= 15 is 0 Å². The zero-order chi connectivity index (χ0) is 9.97. The van der Waals surface area contributed by atoms with Crippen molar-refractivity contribution in [3.63, 3.8) is 0 Å². The van der Waals surface area contributed by atoms with E-state index in [1.54, 1.807) is 0 Å². The lowest BCUT2D eigenvalue weighted by molar-refractivity contribution is 0.0905. The molecule has 2 aliphatic rings. The minimum absolute atomic E-state index is 0.825. The standard InChI is InChI=1S/C12H24N2/c1-14-7-3-6-11(9-14)12(8-13)10-4-2-5-10/h10-12H,2-9,13H2,1H3. The van der Waals surface area contributed by atoms with Gasteiger partial charge in [0, 0.05) is 6.54 Å². The van der Waals surface area contributed by atoms with E-state index < -0.39 is 0 Å². The van der Waals surface area contributed by atoms with Crippen LogP contribution >= 0.6 is 0 Å². The van der Waals surface area contributed by atoms with Gasteiger partial charge in [-0.3, -0.25) is 0 Å². The molecule has 0 aromatic rings. The van der Waals surface area contributed by atoms with Crippen molar-refractivity contribution >= 4 is 0 Å². The van der Waals surface area contributed by atoms with Crippen LogP contribution in [0.25, 0.3) is 0 Å². The summed E-state index contributed by atoms with van der Waals surface area (Å²) in [7, 11) is 2.25. The molecule has 0 spiro atoms. The molecule has 1 aliphatic heterocycles. The minimum Gasteiger partial charge on any atom is -0.330 e. The maximum absolute atomic E-state index is 5.94. The fourth-order valence-electron chi connectivity index (χ4n) is 3.19. The third-order valence-electron chi connectivity index (χ3n) is 4.29. The molecule has 1 saturated heterocycles. The number of hydrogen-bond donors (Lipinski definition) is 1. The summed E-state index contributed by atoms with van der Waals surface area (Å²) in [6.45, 7) is 3.50. The summed E-state index contributed by atoms with van der Waals surface area (Å²) in [4.78, 5) is 2.48. The summed E-state index contributed by atoms with van der Waals surface area (Å²) in [6.07, 6.45) is 7.14. The second-order valence-corrected chi connectivity index (χ2v) is 5.26. The third kappa shape index (κ3) is 2.12. The molecule has 0 radical (unpaired) electrons. The van der Waals surface area contributed by atoms with Crippen LogP contribution in [0.3, 0.4) is 0 Å². The Labute approximate surface area is 87.8 Å². The summed E-state index contributed by atoms with van der Waals surface area (Å²) >= 11 is 0. The third-order valence-corrected chi connectivity index (χ3v) is 4.29. The van der Waals surface area contributed by atoms with Gasteiger partial charge in [-0.2, -0.15) is 0 Å². The normalized spacial score (nSPS) is 32.6. The Morgan fingerprint density at radius 2 is 1.93 bits per heavy atom. The molecule has 14 heavy (non-hydrogen) atoms. The van der Waals surface area contributed by atoms with Crippen LogP contribution in [0, 0.1) is 17.8 Å². The maximum atomic E-state index is 5.94. The Morgan fingerprint density at radius 3 is 2.43 bits per heavy atom. The Balaban J connectivity index is 1.89. The van der Waals surface area contributed by atoms with Crippen molar-refractivity contribution in [2.24, 2.45) is 23.5 Å². The van der Waals surface area contributed by atoms with Crippen LogP contribution in [-0.2, 0) is 0 Å². The van der Waals surface area contributed by atoms with E-state index in [1.807, 2.05) is 0 Å². The zero-order valence-electron chi connectivity index (χ0n) is 9.41. The van der Waals surface area contributed by atoms with Crippen molar-refractivity contribution in [2.75, 3.05) is 26.7 Å². The second-order valence-electron chi connectivity index (χ2n) is 5.26. The predicted molar refractivity (Wildman–Crippen MR) is 60.1 cm³/mol. The number of rotatable bonds is 3. The molecule has 2 unspecified atom stereocenters. The van der Waals surface area contributed by atoms with Gasteiger partial charge in [0.15, 0.2) is 0 Å². The Hall–Kier alpha value is -0.0800. The molecule has 2 fully saturated rings. The molecular formula is C12H24N2. The number of nitrogens with two attached hydrogens (primary N) is 1. The summed E-state index contributed by atoms with van der Waals surface area (Å²) in [5.41, 5.74) is 5.94. The van der Waals surface area contributed by atoms with Crippen LogP contribution in [0.5, 0.6) is 0 Å².